The van der Waals surface area contributed by atoms with Crippen LogP contribution in [0.3, 0.4) is 0 Å². The third kappa shape index (κ3) is 5.95. The molecule has 0 spiro atoms. The summed E-state index contributed by atoms with van der Waals surface area (Å²) in [4.78, 5) is 31.2. The van der Waals surface area contributed by atoms with Crippen LogP contribution in [0.4, 0.5) is 0 Å². The normalized spacial score (nSPS) is 19.2. The van der Waals surface area contributed by atoms with Crippen LogP contribution in [0.25, 0.3) is 11.0 Å². The molecular weight excluding hydrogens is 458 g/mol. The Balaban J connectivity index is 1.56. The Kier molecular flexibility index (Phi) is 8.26. The SMILES string of the molecule is CCC(CC)n1c(Cc2cccs2)nc2cc(C(=O)NC(CC3CCC(C)CC3)C(=O)O)ccc21. The molecule has 1 saturated carbocycles. The van der Waals surface area contributed by atoms with Crippen LogP contribution in [-0.4, -0.2) is 32.6 Å². The summed E-state index contributed by atoms with van der Waals surface area (Å²) in [7, 11) is 0. The maximum Gasteiger partial charge on any atom is 0.326 e. The molecule has 1 unspecified atom stereocenters. The minimum atomic E-state index is -0.964. The van der Waals surface area contributed by atoms with Crippen LogP contribution in [0.1, 0.15) is 92.8 Å². The third-order valence-electron chi connectivity index (χ3n) is 7.55. The van der Waals surface area contributed by atoms with E-state index in [1.807, 2.05) is 12.1 Å². The van der Waals surface area contributed by atoms with Crippen molar-refractivity contribution in [3.63, 3.8) is 0 Å². The Morgan fingerprint density at radius 2 is 1.91 bits per heavy atom. The Labute approximate surface area is 211 Å². The summed E-state index contributed by atoms with van der Waals surface area (Å²) >= 11 is 1.72. The number of carboxylic acids is 1. The molecule has 2 aromatic heterocycles. The van der Waals surface area contributed by atoms with E-state index in [4.69, 9.17) is 4.98 Å². The van der Waals surface area contributed by atoms with E-state index in [1.165, 1.54) is 4.88 Å². The van der Waals surface area contributed by atoms with Crippen molar-refractivity contribution in [1.82, 2.24) is 14.9 Å². The van der Waals surface area contributed by atoms with Gasteiger partial charge in [-0.2, -0.15) is 0 Å². The average Bonchev–Trinajstić information content (AvgIpc) is 3.48. The maximum absolute atomic E-state index is 13.1. The predicted molar refractivity (Wildman–Crippen MR) is 141 cm³/mol. The van der Waals surface area contributed by atoms with E-state index in [9.17, 15) is 14.7 Å². The second kappa shape index (κ2) is 11.4. The van der Waals surface area contributed by atoms with Crippen LogP contribution in [-0.2, 0) is 11.2 Å². The number of hydrogen-bond donors (Lipinski definition) is 2. The number of carbonyl (C=O) groups excluding carboxylic acids is 1. The first-order valence-electron chi connectivity index (χ1n) is 13.0. The standard InChI is InChI=1S/C28H37N3O3S/c1-4-21(5-2)31-25-13-12-20(16-23(25)29-26(31)17-22-7-6-14-35-22)27(32)30-24(28(33)34)15-19-10-8-18(3)9-11-19/h6-7,12-14,16,18-19,21,24H,4-5,8-11,15,17H2,1-3H3,(H,30,32)(H,33,34). The molecular formula is C28H37N3O3S. The molecule has 35 heavy (non-hydrogen) atoms. The van der Waals surface area contributed by atoms with Crippen molar-refractivity contribution in [3.05, 3.63) is 52.0 Å². The molecule has 0 aliphatic heterocycles. The quantitative estimate of drug-likeness (QED) is 0.338. The van der Waals surface area contributed by atoms with Crippen molar-refractivity contribution in [2.24, 2.45) is 11.8 Å². The Hall–Kier alpha value is -2.67. The summed E-state index contributed by atoms with van der Waals surface area (Å²) in [6.45, 7) is 6.63. The number of hydrogen-bond acceptors (Lipinski definition) is 4. The van der Waals surface area contributed by atoms with Crippen LogP contribution in [0.2, 0.25) is 0 Å². The van der Waals surface area contributed by atoms with Gasteiger partial charge in [0.2, 0.25) is 0 Å². The third-order valence-corrected chi connectivity index (χ3v) is 8.43. The number of nitrogens with zero attached hydrogens (tertiary/aromatic N) is 2. The number of amides is 1. The van der Waals surface area contributed by atoms with Crippen LogP contribution in [0, 0.1) is 11.8 Å². The predicted octanol–water partition coefficient (Wildman–Crippen LogP) is 6.45. The summed E-state index contributed by atoms with van der Waals surface area (Å²) in [6.07, 6.45) is 7.59. The van der Waals surface area contributed by atoms with Crippen molar-refractivity contribution in [3.8, 4) is 0 Å². The molecule has 1 amide bonds. The number of fused-ring (bicyclic) bond motifs is 1. The number of aliphatic carboxylic acids is 1. The van der Waals surface area contributed by atoms with E-state index in [1.54, 1.807) is 17.4 Å². The molecule has 3 aromatic rings. The Bertz CT molecular complexity index is 1140. The van der Waals surface area contributed by atoms with E-state index in [0.29, 0.717) is 29.9 Å². The number of nitrogens with one attached hydrogen (secondary N) is 1. The second-order valence-corrected chi connectivity index (χ2v) is 11.1. The van der Waals surface area contributed by atoms with Gasteiger partial charge in [-0.3, -0.25) is 4.79 Å². The monoisotopic (exact) mass is 495 g/mol. The fraction of sp³-hybridized carbons (Fsp3) is 0.536. The van der Waals surface area contributed by atoms with Gasteiger partial charge in [-0.1, -0.05) is 52.5 Å². The van der Waals surface area contributed by atoms with Crippen molar-refractivity contribution in [2.45, 2.75) is 84.2 Å². The van der Waals surface area contributed by atoms with Crippen molar-refractivity contribution in [2.75, 3.05) is 0 Å². The summed E-state index contributed by atoms with van der Waals surface area (Å²) in [5.74, 6) is 0.754. The van der Waals surface area contributed by atoms with Crippen LogP contribution < -0.4 is 5.32 Å². The first-order valence-corrected chi connectivity index (χ1v) is 13.8. The number of aromatic nitrogens is 2. The van der Waals surface area contributed by atoms with Crippen molar-refractivity contribution < 1.29 is 14.7 Å². The van der Waals surface area contributed by atoms with E-state index < -0.39 is 12.0 Å². The van der Waals surface area contributed by atoms with Crippen LogP contribution in [0.5, 0.6) is 0 Å². The number of rotatable bonds is 10. The van der Waals surface area contributed by atoms with Gasteiger partial charge in [0.1, 0.15) is 11.9 Å². The minimum Gasteiger partial charge on any atom is -0.480 e. The van der Waals surface area contributed by atoms with Gasteiger partial charge in [-0.15, -0.1) is 11.3 Å². The fourth-order valence-corrected chi connectivity index (χ4v) is 6.11. The van der Waals surface area contributed by atoms with E-state index in [2.05, 4.69) is 48.2 Å². The molecule has 7 heteroatoms. The smallest absolute Gasteiger partial charge is 0.326 e. The lowest BCUT2D eigenvalue weighted by Gasteiger charge is -2.28. The first kappa shape index (κ1) is 25.4. The lowest BCUT2D eigenvalue weighted by atomic mass is 9.80. The molecule has 0 bridgehead atoms. The first-order chi connectivity index (χ1) is 16.9. The molecule has 2 N–H and O–H groups in total. The molecule has 4 rings (SSSR count). The summed E-state index contributed by atoms with van der Waals surface area (Å²) < 4.78 is 2.32. The van der Waals surface area contributed by atoms with Gasteiger partial charge in [0.05, 0.1) is 11.0 Å². The Morgan fingerprint density at radius 3 is 2.54 bits per heavy atom. The molecule has 6 nitrogen and oxygen atoms in total. The lowest BCUT2D eigenvalue weighted by molar-refractivity contribution is -0.139. The number of thiophene rings is 1. The molecule has 188 valence electrons. The summed E-state index contributed by atoms with van der Waals surface area (Å²) in [6, 6.07) is 9.22. The topological polar surface area (TPSA) is 84.2 Å². The highest BCUT2D eigenvalue weighted by Crippen LogP contribution is 2.32. The molecule has 1 fully saturated rings. The molecule has 2 heterocycles. The van der Waals surface area contributed by atoms with Crippen LogP contribution in [0.15, 0.2) is 35.7 Å². The maximum atomic E-state index is 13.1. The average molecular weight is 496 g/mol. The van der Waals surface area contributed by atoms with Gasteiger partial charge >= 0.3 is 5.97 Å². The van der Waals surface area contributed by atoms with E-state index in [0.717, 1.165) is 61.8 Å². The molecule has 1 aliphatic rings. The van der Waals surface area contributed by atoms with Gasteiger partial charge in [0.15, 0.2) is 0 Å². The van der Waals surface area contributed by atoms with Gasteiger partial charge in [0.25, 0.3) is 5.91 Å². The molecule has 0 radical (unpaired) electrons. The zero-order valence-corrected chi connectivity index (χ0v) is 21.8. The van der Waals surface area contributed by atoms with Crippen molar-refractivity contribution >= 4 is 34.2 Å². The zero-order valence-electron chi connectivity index (χ0n) is 21.0. The zero-order chi connectivity index (χ0) is 24.9. The molecule has 1 aliphatic carbocycles. The Morgan fingerprint density at radius 1 is 1.17 bits per heavy atom. The van der Waals surface area contributed by atoms with Crippen molar-refractivity contribution in [1.29, 1.82) is 0 Å². The highest BCUT2D eigenvalue weighted by molar-refractivity contribution is 7.09. The number of carboxylic acid groups (broad SMARTS) is 1. The highest BCUT2D eigenvalue weighted by atomic mass is 32.1. The minimum absolute atomic E-state index is 0.337. The lowest BCUT2D eigenvalue weighted by Crippen LogP contribution is -2.42. The van der Waals surface area contributed by atoms with Gasteiger partial charge in [0, 0.05) is 22.9 Å². The molecule has 1 aromatic carbocycles. The van der Waals surface area contributed by atoms with Crippen LogP contribution >= 0.6 is 11.3 Å². The fourth-order valence-electron chi connectivity index (χ4n) is 5.41. The summed E-state index contributed by atoms with van der Waals surface area (Å²) in [5.41, 5.74) is 2.26. The number of benzene rings is 1. The van der Waals surface area contributed by atoms with Gasteiger partial charge in [-0.25, -0.2) is 9.78 Å². The highest BCUT2D eigenvalue weighted by Gasteiger charge is 2.27. The number of carbonyl (C=O) groups is 2. The largest absolute Gasteiger partial charge is 0.480 e. The molecule has 0 saturated heterocycles. The van der Waals surface area contributed by atoms with E-state index >= 15 is 0 Å². The van der Waals surface area contributed by atoms with E-state index in [-0.39, 0.29) is 5.91 Å². The summed E-state index contributed by atoms with van der Waals surface area (Å²) in [5, 5.41) is 14.6. The second-order valence-electron chi connectivity index (χ2n) is 10.1. The van der Waals surface area contributed by atoms with Gasteiger partial charge in [-0.05, 0) is 60.7 Å². The van der Waals surface area contributed by atoms with Gasteiger partial charge < -0.3 is 15.0 Å². The number of imidazole rings is 1. The molecule has 1 atom stereocenters.